The van der Waals surface area contributed by atoms with Gasteiger partial charge in [0.15, 0.2) is 0 Å². The monoisotopic (exact) mass is 268 g/mol. The number of imidazole rings is 1. The summed E-state index contributed by atoms with van der Waals surface area (Å²) in [4.78, 5) is 4.74. The van der Waals surface area contributed by atoms with Gasteiger partial charge in [-0.2, -0.15) is 0 Å². The van der Waals surface area contributed by atoms with Crippen LogP contribution < -0.4 is 5.73 Å². The van der Waals surface area contributed by atoms with Crippen molar-refractivity contribution in [1.82, 2.24) is 14.0 Å². The molecule has 4 rings (SSSR count). The van der Waals surface area contributed by atoms with Gasteiger partial charge >= 0.3 is 0 Å². The maximum atomic E-state index is 6.25. The molecular weight excluding hydrogens is 256 g/mol. The van der Waals surface area contributed by atoms with Crippen LogP contribution in [0.15, 0.2) is 42.0 Å². The van der Waals surface area contributed by atoms with Crippen LogP contribution in [0.2, 0.25) is 0 Å². The van der Waals surface area contributed by atoms with E-state index in [1.807, 2.05) is 40.5 Å². The molecule has 0 radical (unpaired) electrons. The number of pyridine rings is 1. The lowest BCUT2D eigenvalue weighted by Gasteiger charge is -2.00. The maximum absolute atomic E-state index is 6.25. The number of thiophene rings is 1. The lowest BCUT2D eigenvalue weighted by molar-refractivity contribution is 0.933. The number of nitrogens with zero attached hydrogens (tertiary/aromatic N) is 3. The third-order valence-corrected chi connectivity index (χ3v) is 4.33. The highest BCUT2D eigenvalue weighted by molar-refractivity contribution is 7.17. The Balaban J connectivity index is 2.13. The summed E-state index contributed by atoms with van der Waals surface area (Å²) in [5, 5.41) is 3.23. The average molecular weight is 268 g/mol. The minimum Gasteiger partial charge on any atom is -0.383 e. The van der Waals surface area contributed by atoms with E-state index in [-0.39, 0.29) is 0 Å². The average Bonchev–Trinajstić information content (AvgIpc) is 3.08. The van der Waals surface area contributed by atoms with Gasteiger partial charge in [-0.25, -0.2) is 4.98 Å². The Morgan fingerprint density at radius 1 is 1.21 bits per heavy atom. The summed E-state index contributed by atoms with van der Waals surface area (Å²) >= 11 is 1.72. The molecular formula is C14H12N4S. The Kier molecular flexibility index (Phi) is 2.02. The van der Waals surface area contributed by atoms with E-state index in [1.165, 1.54) is 4.70 Å². The van der Waals surface area contributed by atoms with Gasteiger partial charge < -0.3 is 10.3 Å². The molecule has 0 saturated carbocycles. The molecule has 94 valence electrons. The molecule has 19 heavy (non-hydrogen) atoms. The van der Waals surface area contributed by atoms with Crippen molar-refractivity contribution in [3.05, 3.63) is 42.0 Å². The summed E-state index contributed by atoms with van der Waals surface area (Å²) < 4.78 is 5.22. The van der Waals surface area contributed by atoms with E-state index in [1.54, 1.807) is 11.3 Å². The van der Waals surface area contributed by atoms with Crippen LogP contribution >= 0.6 is 11.3 Å². The van der Waals surface area contributed by atoms with Gasteiger partial charge in [0.2, 0.25) is 0 Å². The molecule has 0 saturated heterocycles. The first-order chi connectivity index (χ1) is 9.25. The maximum Gasteiger partial charge on any atom is 0.147 e. The van der Waals surface area contributed by atoms with E-state index < -0.39 is 0 Å². The molecule has 0 fully saturated rings. The molecule has 0 unspecified atom stereocenters. The van der Waals surface area contributed by atoms with Gasteiger partial charge in [0.25, 0.3) is 0 Å². The predicted molar refractivity (Wildman–Crippen MR) is 79.4 cm³/mol. The fraction of sp³-hybridized carbons (Fsp3) is 0.0714. The Morgan fingerprint density at radius 3 is 2.89 bits per heavy atom. The van der Waals surface area contributed by atoms with Gasteiger partial charge in [-0.15, -0.1) is 11.3 Å². The lowest BCUT2D eigenvalue weighted by atomic mass is 10.3. The number of fused-ring (bicyclic) bond motifs is 3. The largest absolute Gasteiger partial charge is 0.383 e. The van der Waals surface area contributed by atoms with Crippen LogP contribution in [-0.4, -0.2) is 14.0 Å². The number of aromatic nitrogens is 3. The minimum absolute atomic E-state index is 0.685. The van der Waals surface area contributed by atoms with Crippen LogP contribution in [0.3, 0.4) is 0 Å². The predicted octanol–water partition coefficient (Wildman–Crippen LogP) is 3.14. The zero-order chi connectivity index (χ0) is 13.0. The quantitative estimate of drug-likeness (QED) is 0.576. The van der Waals surface area contributed by atoms with Crippen molar-refractivity contribution >= 4 is 32.9 Å². The fourth-order valence-corrected chi connectivity index (χ4v) is 3.24. The number of anilines is 1. The number of hydrogen-bond acceptors (Lipinski definition) is 3. The highest BCUT2D eigenvalue weighted by Gasteiger charge is 2.15. The Morgan fingerprint density at radius 2 is 2.11 bits per heavy atom. The Hall–Kier alpha value is -2.27. The number of nitrogen functional groups attached to an aromatic ring is 1. The van der Waals surface area contributed by atoms with Gasteiger partial charge in [-0.1, -0.05) is 0 Å². The number of rotatable bonds is 1. The van der Waals surface area contributed by atoms with Crippen LogP contribution in [-0.2, 0) is 7.05 Å². The third-order valence-electron chi connectivity index (χ3n) is 3.45. The fourth-order valence-electron chi connectivity index (χ4n) is 2.46. The van der Waals surface area contributed by atoms with Crippen LogP contribution in [0, 0.1) is 0 Å². The highest BCUT2D eigenvalue weighted by atomic mass is 32.1. The van der Waals surface area contributed by atoms with Crippen molar-refractivity contribution in [1.29, 1.82) is 0 Å². The number of hydrogen-bond donors (Lipinski definition) is 1. The molecule has 0 aliphatic carbocycles. The van der Waals surface area contributed by atoms with Gasteiger partial charge in [0, 0.05) is 29.5 Å². The molecule has 5 heteroatoms. The summed E-state index contributed by atoms with van der Waals surface area (Å²) in [5.41, 5.74) is 9.04. The molecule has 0 aliphatic rings. The SMILES string of the molecule is Cn1cccc1-c1nc2c3ccsc3ccn2c1N. The topological polar surface area (TPSA) is 48.2 Å². The molecule has 0 aromatic carbocycles. The van der Waals surface area contributed by atoms with E-state index in [0.717, 1.165) is 22.4 Å². The minimum atomic E-state index is 0.685. The summed E-state index contributed by atoms with van der Waals surface area (Å²) in [6.07, 6.45) is 3.99. The molecule has 4 heterocycles. The van der Waals surface area contributed by atoms with Crippen molar-refractivity contribution < 1.29 is 0 Å². The second-order valence-corrected chi connectivity index (χ2v) is 5.51. The first kappa shape index (κ1) is 10.6. The van der Waals surface area contributed by atoms with E-state index in [4.69, 9.17) is 10.7 Å². The summed E-state index contributed by atoms with van der Waals surface area (Å²) in [5.74, 6) is 0.685. The van der Waals surface area contributed by atoms with E-state index >= 15 is 0 Å². The summed E-state index contributed by atoms with van der Waals surface area (Å²) in [6, 6.07) is 8.21. The second kappa shape index (κ2) is 3.61. The number of nitrogens with two attached hydrogens (primary N) is 1. The highest BCUT2D eigenvalue weighted by Crippen LogP contribution is 2.31. The normalized spacial score (nSPS) is 11.6. The Bertz CT molecular complexity index is 897. The molecule has 4 nitrogen and oxygen atoms in total. The number of aryl methyl sites for hydroxylation is 1. The van der Waals surface area contributed by atoms with Crippen molar-refractivity contribution in [2.75, 3.05) is 5.73 Å². The van der Waals surface area contributed by atoms with Crippen molar-refractivity contribution in [2.45, 2.75) is 0 Å². The van der Waals surface area contributed by atoms with E-state index in [9.17, 15) is 0 Å². The molecule has 4 aromatic heterocycles. The zero-order valence-corrected chi connectivity index (χ0v) is 11.2. The smallest absolute Gasteiger partial charge is 0.147 e. The van der Waals surface area contributed by atoms with Gasteiger partial charge in [0.05, 0.1) is 5.69 Å². The molecule has 2 N–H and O–H groups in total. The third kappa shape index (κ3) is 1.36. The van der Waals surface area contributed by atoms with Crippen LogP contribution in [0.4, 0.5) is 5.82 Å². The Labute approximate surface area is 113 Å². The van der Waals surface area contributed by atoms with Gasteiger partial charge in [-0.3, -0.25) is 4.40 Å². The standard InChI is InChI=1S/C14H12N4S/c1-17-6-2-3-10(17)12-13(15)18-7-4-11-9(5-8-19-11)14(18)16-12/h2-8H,15H2,1H3. The first-order valence-electron chi connectivity index (χ1n) is 6.01. The van der Waals surface area contributed by atoms with Crippen LogP contribution in [0.1, 0.15) is 0 Å². The van der Waals surface area contributed by atoms with Crippen molar-refractivity contribution in [3.8, 4) is 11.4 Å². The summed E-state index contributed by atoms with van der Waals surface area (Å²) in [6.45, 7) is 0. The molecule has 0 atom stereocenters. The lowest BCUT2D eigenvalue weighted by Crippen LogP contribution is -1.96. The van der Waals surface area contributed by atoms with Crippen molar-refractivity contribution in [3.63, 3.8) is 0 Å². The van der Waals surface area contributed by atoms with Crippen LogP contribution in [0.5, 0.6) is 0 Å². The first-order valence-corrected chi connectivity index (χ1v) is 6.89. The molecule has 0 aliphatic heterocycles. The van der Waals surface area contributed by atoms with Crippen molar-refractivity contribution in [2.24, 2.45) is 7.05 Å². The molecule has 4 aromatic rings. The van der Waals surface area contributed by atoms with Crippen LogP contribution in [0.25, 0.3) is 27.1 Å². The second-order valence-electron chi connectivity index (χ2n) is 4.56. The molecule has 0 spiro atoms. The van der Waals surface area contributed by atoms with Gasteiger partial charge in [-0.05, 0) is 29.6 Å². The zero-order valence-electron chi connectivity index (χ0n) is 10.4. The molecule has 0 amide bonds. The van der Waals surface area contributed by atoms with E-state index in [2.05, 4.69) is 17.5 Å². The summed E-state index contributed by atoms with van der Waals surface area (Å²) in [7, 11) is 2.00. The van der Waals surface area contributed by atoms with Gasteiger partial charge in [0.1, 0.15) is 17.2 Å². The van der Waals surface area contributed by atoms with E-state index in [0.29, 0.717) is 5.82 Å². The molecule has 0 bridgehead atoms.